The van der Waals surface area contributed by atoms with Crippen LogP contribution in [0.15, 0.2) is 30.3 Å². The van der Waals surface area contributed by atoms with Crippen LogP contribution >= 0.6 is 0 Å². The lowest BCUT2D eigenvalue weighted by atomic mass is 9.95. The van der Waals surface area contributed by atoms with E-state index in [2.05, 4.69) is 50.4 Å². The Morgan fingerprint density at radius 3 is 2.50 bits per heavy atom. The van der Waals surface area contributed by atoms with Gasteiger partial charge in [-0.3, -0.25) is 0 Å². The van der Waals surface area contributed by atoms with Gasteiger partial charge in [-0.15, -0.1) is 0 Å². The molecule has 16 heavy (non-hydrogen) atoms. The second kappa shape index (κ2) is 4.19. The fourth-order valence-electron chi connectivity index (χ4n) is 2.05. The molecule has 1 atom stereocenters. The Balaban J connectivity index is 2.20. The van der Waals surface area contributed by atoms with E-state index in [0.717, 1.165) is 19.6 Å². The molecule has 1 aliphatic rings. The summed E-state index contributed by atoms with van der Waals surface area (Å²) in [6.07, 6.45) is 1.05. The molecule has 1 N–H and O–H groups in total. The summed E-state index contributed by atoms with van der Waals surface area (Å²) < 4.78 is 6.05. The molecule has 1 aromatic rings. The molecule has 1 aliphatic heterocycles. The van der Waals surface area contributed by atoms with Gasteiger partial charge in [0.25, 0.3) is 0 Å². The molecule has 1 saturated heterocycles. The predicted molar refractivity (Wildman–Crippen MR) is 66.4 cm³/mol. The summed E-state index contributed by atoms with van der Waals surface area (Å²) in [6.45, 7) is 8.30. The normalized spacial score (nSPS) is 29.7. The van der Waals surface area contributed by atoms with Crippen molar-refractivity contribution in [2.24, 2.45) is 0 Å². The number of ether oxygens (including phenoxy) is 1. The van der Waals surface area contributed by atoms with Crippen molar-refractivity contribution in [3.8, 4) is 0 Å². The lowest BCUT2D eigenvalue weighted by Gasteiger charge is -2.30. The molecule has 1 heterocycles. The molecule has 1 unspecified atom stereocenters. The Morgan fingerprint density at radius 2 is 1.81 bits per heavy atom. The van der Waals surface area contributed by atoms with E-state index in [1.165, 1.54) is 5.56 Å². The van der Waals surface area contributed by atoms with Crippen LogP contribution in [0.4, 0.5) is 0 Å². The first-order chi connectivity index (χ1) is 7.52. The molecule has 0 aromatic heterocycles. The van der Waals surface area contributed by atoms with Gasteiger partial charge >= 0.3 is 0 Å². The van der Waals surface area contributed by atoms with E-state index in [1.807, 2.05) is 6.07 Å². The molecule has 0 aliphatic carbocycles. The van der Waals surface area contributed by atoms with E-state index in [4.69, 9.17) is 4.74 Å². The van der Waals surface area contributed by atoms with Crippen molar-refractivity contribution in [1.82, 2.24) is 5.32 Å². The minimum Gasteiger partial charge on any atom is -0.369 e. The van der Waals surface area contributed by atoms with Crippen molar-refractivity contribution in [2.75, 3.05) is 13.2 Å². The maximum Gasteiger partial charge on any atom is 0.103 e. The molecule has 0 spiro atoms. The zero-order valence-electron chi connectivity index (χ0n) is 10.4. The van der Waals surface area contributed by atoms with E-state index >= 15 is 0 Å². The van der Waals surface area contributed by atoms with Crippen molar-refractivity contribution in [3.63, 3.8) is 0 Å². The van der Waals surface area contributed by atoms with Crippen molar-refractivity contribution in [1.29, 1.82) is 0 Å². The maximum absolute atomic E-state index is 6.05. The highest BCUT2D eigenvalue weighted by molar-refractivity contribution is 5.22. The summed E-state index contributed by atoms with van der Waals surface area (Å²) >= 11 is 0. The van der Waals surface area contributed by atoms with Crippen LogP contribution in [0.25, 0.3) is 0 Å². The monoisotopic (exact) mass is 219 g/mol. The first kappa shape index (κ1) is 11.6. The Labute approximate surface area is 98.0 Å². The van der Waals surface area contributed by atoms with Gasteiger partial charge in [0.05, 0.1) is 0 Å². The Morgan fingerprint density at radius 1 is 1.12 bits per heavy atom. The topological polar surface area (TPSA) is 21.3 Å². The quantitative estimate of drug-likeness (QED) is 0.784. The smallest absolute Gasteiger partial charge is 0.103 e. The van der Waals surface area contributed by atoms with Gasteiger partial charge in [0.2, 0.25) is 0 Å². The number of rotatable bonds is 1. The van der Waals surface area contributed by atoms with Crippen LogP contribution < -0.4 is 5.32 Å². The number of hydrogen-bond acceptors (Lipinski definition) is 2. The zero-order chi connectivity index (χ0) is 11.6. The zero-order valence-corrected chi connectivity index (χ0v) is 10.4. The fraction of sp³-hybridized carbons (Fsp3) is 0.571. The Hall–Kier alpha value is -0.860. The molecule has 0 bridgehead atoms. The molecular weight excluding hydrogens is 198 g/mol. The first-order valence-electron chi connectivity index (χ1n) is 5.96. The van der Waals surface area contributed by atoms with Crippen molar-refractivity contribution in [3.05, 3.63) is 35.9 Å². The van der Waals surface area contributed by atoms with Gasteiger partial charge in [0.15, 0.2) is 0 Å². The molecule has 1 fully saturated rings. The summed E-state index contributed by atoms with van der Waals surface area (Å²) in [7, 11) is 0. The van der Waals surface area contributed by atoms with Crippen LogP contribution in [0, 0.1) is 0 Å². The van der Waals surface area contributed by atoms with Gasteiger partial charge in [-0.05, 0) is 32.8 Å². The van der Waals surface area contributed by atoms with E-state index in [9.17, 15) is 0 Å². The molecule has 1 aromatic carbocycles. The molecule has 88 valence electrons. The number of hydrogen-bond donors (Lipinski definition) is 1. The minimum absolute atomic E-state index is 0.173. The molecule has 0 saturated carbocycles. The lowest BCUT2D eigenvalue weighted by molar-refractivity contribution is -0.0233. The number of nitrogens with one attached hydrogen (secondary N) is 1. The second-order valence-corrected chi connectivity index (χ2v) is 5.43. The average Bonchev–Trinajstić information content (AvgIpc) is 2.41. The van der Waals surface area contributed by atoms with Gasteiger partial charge in [-0.2, -0.15) is 0 Å². The molecule has 0 amide bonds. The largest absolute Gasteiger partial charge is 0.369 e. The van der Waals surface area contributed by atoms with Crippen LogP contribution in [0.5, 0.6) is 0 Å². The molecule has 2 nitrogen and oxygen atoms in total. The van der Waals surface area contributed by atoms with Crippen molar-refractivity contribution in [2.45, 2.75) is 38.3 Å². The molecular formula is C14H21NO. The summed E-state index contributed by atoms with van der Waals surface area (Å²) in [5.74, 6) is 0. The van der Waals surface area contributed by atoms with Gasteiger partial charge in [0, 0.05) is 18.7 Å². The van der Waals surface area contributed by atoms with E-state index in [1.54, 1.807) is 0 Å². The van der Waals surface area contributed by atoms with E-state index in [0.29, 0.717) is 0 Å². The maximum atomic E-state index is 6.05. The Bertz CT molecular complexity index is 347. The third-order valence-corrected chi connectivity index (χ3v) is 3.44. The number of benzene rings is 1. The summed E-state index contributed by atoms with van der Waals surface area (Å²) in [4.78, 5) is 0. The van der Waals surface area contributed by atoms with Crippen LogP contribution in [0.2, 0.25) is 0 Å². The minimum atomic E-state index is -0.199. The summed E-state index contributed by atoms with van der Waals surface area (Å²) in [5, 5.41) is 3.58. The summed E-state index contributed by atoms with van der Waals surface area (Å²) in [5.41, 5.74) is 1.22. The van der Waals surface area contributed by atoms with Crippen molar-refractivity contribution >= 4 is 0 Å². The van der Waals surface area contributed by atoms with Crippen molar-refractivity contribution < 1.29 is 4.74 Å². The highest BCUT2D eigenvalue weighted by Gasteiger charge is 2.33. The first-order valence-corrected chi connectivity index (χ1v) is 5.96. The third-order valence-electron chi connectivity index (χ3n) is 3.44. The average molecular weight is 219 g/mol. The molecule has 0 radical (unpaired) electrons. The van der Waals surface area contributed by atoms with Gasteiger partial charge < -0.3 is 10.1 Å². The van der Waals surface area contributed by atoms with Crippen LogP contribution in [0.1, 0.15) is 32.8 Å². The Kier molecular flexibility index (Phi) is 3.04. The summed E-state index contributed by atoms with van der Waals surface area (Å²) in [6, 6.07) is 10.5. The SMILES string of the molecule is CC1(C)CCOC(C)(c2ccccc2)CN1. The van der Waals surface area contributed by atoms with Crippen LogP contribution in [-0.2, 0) is 10.3 Å². The predicted octanol–water partition coefficient (Wildman–Crippen LogP) is 2.69. The van der Waals surface area contributed by atoms with Gasteiger partial charge in [0.1, 0.15) is 5.60 Å². The van der Waals surface area contributed by atoms with Crippen LogP contribution in [-0.4, -0.2) is 18.7 Å². The third kappa shape index (κ3) is 2.45. The van der Waals surface area contributed by atoms with Gasteiger partial charge in [-0.25, -0.2) is 0 Å². The highest BCUT2D eigenvalue weighted by Crippen LogP contribution is 2.28. The standard InChI is InChI=1S/C14H21NO/c1-13(2)9-10-16-14(3,11-15-13)12-7-5-4-6-8-12/h4-8,15H,9-11H2,1-3H3. The van der Waals surface area contributed by atoms with Crippen LogP contribution in [0.3, 0.4) is 0 Å². The fourth-order valence-corrected chi connectivity index (χ4v) is 2.05. The lowest BCUT2D eigenvalue weighted by Crippen LogP contribution is -2.44. The highest BCUT2D eigenvalue weighted by atomic mass is 16.5. The molecule has 2 rings (SSSR count). The van der Waals surface area contributed by atoms with E-state index < -0.39 is 0 Å². The molecule has 2 heteroatoms. The van der Waals surface area contributed by atoms with E-state index in [-0.39, 0.29) is 11.1 Å². The second-order valence-electron chi connectivity index (χ2n) is 5.43. The van der Waals surface area contributed by atoms with Gasteiger partial charge in [-0.1, -0.05) is 30.3 Å².